The van der Waals surface area contributed by atoms with Gasteiger partial charge in [0.15, 0.2) is 0 Å². The second-order valence-electron chi connectivity index (χ2n) is 4.86. The number of halogens is 2. The molecule has 0 saturated carbocycles. The van der Waals surface area contributed by atoms with Gasteiger partial charge in [-0.25, -0.2) is 4.39 Å². The van der Waals surface area contributed by atoms with Crippen LogP contribution in [-0.4, -0.2) is 29.2 Å². The van der Waals surface area contributed by atoms with E-state index in [0.717, 1.165) is 12.8 Å². The van der Waals surface area contributed by atoms with E-state index in [1.54, 1.807) is 11.0 Å². The van der Waals surface area contributed by atoms with Crippen LogP contribution in [0.1, 0.15) is 36.5 Å². The number of Topliss-reactive ketones (excluding diaryl/α,β-unsaturated/α-hetero) is 1. The Morgan fingerprint density at radius 2 is 2.16 bits per heavy atom. The summed E-state index contributed by atoms with van der Waals surface area (Å²) >= 11 is 3.18. The van der Waals surface area contributed by atoms with Crippen molar-refractivity contribution < 1.29 is 14.0 Å². The van der Waals surface area contributed by atoms with Crippen LogP contribution in [0.3, 0.4) is 0 Å². The highest BCUT2D eigenvalue weighted by Crippen LogP contribution is 2.24. The third-order valence-electron chi connectivity index (χ3n) is 3.27. The van der Waals surface area contributed by atoms with E-state index in [1.165, 1.54) is 19.1 Å². The van der Waals surface area contributed by atoms with Gasteiger partial charge in [-0.3, -0.25) is 9.59 Å². The number of rotatable bonds is 3. The first-order valence-corrected chi connectivity index (χ1v) is 7.03. The fourth-order valence-electron chi connectivity index (χ4n) is 2.49. The van der Waals surface area contributed by atoms with Crippen molar-refractivity contribution in [2.45, 2.75) is 32.2 Å². The average Bonchev–Trinajstić information content (AvgIpc) is 2.73. The zero-order valence-corrected chi connectivity index (χ0v) is 12.2. The van der Waals surface area contributed by atoms with Crippen LogP contribution in [0.25, 0.3) is 0 Å². The van der Waals surface area contributed by atoms with Gasteiger partial charge in [-0.15, -0.1) is 0 Å². The first kappa shape index (κ1) is 14.2. The maximum atomic E-state index is 13.3. The number of benzene rings is 1. The number of nitrogens with zero attached hydrogens (tertiary/aromatic N) is 1. The number of amides is 1. The first-order valence-electron chi connectivity index (χ1n) is 6.24. The summed E-state index contributed by atoms with van der Waals surface area (Å²) in [6, 6.07) is 4.10. The molecule has 0 aromatic heterocycles. The Bertz CT molecular complexity index is 498. The third-order valence-corrected chi connectivity index (χ3v) is 3.73. The van der Waals surface area contributed by atoms with E-state index in [9.17, 15) is 14.0 Å². The first-order chi connectivity index (χ1) is 8.97. The molecule has 1 heterocycles. The smallest absolute Gasteiger partial charge is 0.254 e. The second kappa shape index (κ2) is 5.82. The molecule has 0 radical (unpaired) electrons. The molecule has 1 saturated heterocycles. The zero-order chi connectivity index (χ0) is 14.0. The van der Waals surface area contributed by atoms with E-state index in [4.69, 9.17) is 0 Å². The summed E-state index contributed by atoms with van der Waals surface area (Å²) in [5.74, 6) is -0.575. The van der Waals surface area contributed by atoms with Crippen LogP contribution in [0.2, 0.25) is 0 Å². The number of hydrogen-bond acceptors (Lipinski definition) is 2. The number of likely N-dealkylation sites (tertiary alicyclic amines) is 1. The summed E-state index contributed by atoms with van der Waals surface area (Å²) in [6.45, 7) is 2.16. The van der Waals surface area contributed by atoms with Gasteiger partial charge < -0.3 is 4.90 Å². The van der Waals surface area contributed by atoms with Crippen molar-refractivity contribution >= 4 is 27.6 Å². The Balaban J connectivity index is 2.20. The zero-order valence-electron chi connectivity index (χ0n) is 10.7. The third kappa shape index (κ3) is 3.41. The van der Waals surface area contributed by atoms with Crippen LogP contribution in [0.4, 0.5) is 4.39 Å². The van der Waals surface area contributed by atoms with Crippen LogP contribution in [0.15, 0.2) is 22.7 Å². The van der Waals surface area contributed by atoms with Gasteiger partial charge >= 0.3 is 0 Å². The van der Waals surface area contributed by atoms with Crippen LogP contribution in [-0.2, 0) is 4.79 Å². The molecular weight excluding hydrogens is 313 g/mol. The minimum absolute atomic E-state index is 0.0490. The maximum absolute atomic E-state index is 13.3. The Morgan fingerprint density at radius 1 is 1.42 bits per heavy atom. The SMILES string of the molecule is CC(=O)CC1CCCN1C(=O)c1cc(F)cc(Br)c1. The lowest BCUT2D eigenvalue weighted by Gasteiger charge is -2.24. The average molecular weight is 328 g/mol. The number of ketones is 1. The van der Waals surface area contributed by atoms with Gasteiger partial charge in [-0.1, -0.05) is 15.9 Å². The van der Waals surface area contributed by atoms with Gasteiger partial charge in [0.1, 0.15) is 11.6 Å². The molecule has 0 spiro atoms. The molecule has 5 heteroatoms. The van der Waals surface area contributed by atoms with Gasteiger partial charge in [0.2, 0.25) is 0 Å². The quantitative estimate of drug-likeness (QED) is 0.855. The molecule has 1 amide bonds. The molecule has 102 valence electrons. The molecule has 1 aromatic carbocycles. The van der Waals surface area contributed by atoms with Crippen LogP contribution < -0.4 is 0 Å². The Morgan fingerprint density at radius 3 is 2.79 bits per heavy atom. The van der Waals surface area contributed by atoms with E-state index in [-0.39, 0.29) is 17.7 Å². The van der Waals surface area contributed by atoms with E-state index in [2.05, 4.69) is 15.9 Å². The van der Waals surface area contributed by atoms with Crippen molar-refractivity contribution in [3.8, 4) is 0 Å². The molecule has 1 fully saturated rings. The fourth-order valence-corrected chi connectivity index (χ4v) is 2.96. The molecule has 1 aromatic rings. The van der Waals surface area contributed by atoms with E-state index in [1.807, 2.05) is 0 Å². The van der Waals surface area contributed by atoms with E-state index in [0.29, 0.717) is 23.0 Å². The molecule has 19 heavy (non-hydrogen) atoms. The molecule has 1 aliphatic rings. The predicted octanol–water partition coefficient (Wildman–Crippen LogP) is 3.17. The normalized spacial score (nSPS) is 18.7. The molecule has 1 aliphatic heterocycles. The van der Waals surface area contributed by atoms with Gasteiger partial charge in [0.05, 0.1) is 0 Å². The van der Waals surface area contributed by atoms with Gasteiger partial charge in [0, 0.05) is 29.0 Å². The molecule has 0 N–H and O–H groups in total. The largest absolute Gasteiger partial charge is 0.335 e. The van der Waals surface area contributed by atoms with E-state index < -0.39 is 5.82 Å². The van der Waals surface area contributed by atoms with Crippen LogP contribution in [0.5, 0.6) is 0 Å². The highest BCUT2D eigenvalue weighted by Gasteiger charge is 2.30. The summed E-state index contributed by atoms with van der Waals surface area (Å²) in [5, 5.41) is 0. The molecular formula is C14H15BrFNO2. The Labute approximate surface area is 119 Å². The van der Waals surface area contributed by atoms with Crippen molar-refractivity contribution in [2.24, 2.45) is 0 Å². The lowest BCUT2D eigenvalue weighted by molar-refractivity contribution is -0.117. The maximum Gasteiger partial charge on any atom is 0.254 e. The van der Waals surface area contributed by atoms with Crippen molar-refractivity contribution in [3.63, 3.8) is 0 Å². The molecule has 3 nitrogen and oxygen atoms in total. The lowest BCUT2D eigenvalue weighted by atomic mass is 10.1. The monoisotopic (exact) mass is 327 g/mol. The number of carbonyl (C=O) groups excluding carboxylic acids is 2. The molecule has 1 unspecified atom stereocenters. The Kier molecular flexibility index (Phi) is 4.34. The minimum Gasteiger partial charge on any atom is -0.335 e. The number of hydrogen-bond donors (Lipinski definition) is 0. The summed E-state index contributed by atoms with van der Waals surface area (Å²) in [4.78, 5) is 25.3. The lowest BCUT2D eigenvalue weighted by Crippen LogP contribution is -2.36. The van der Waals surface area contributed by atoms with Gasteiger partial charge in [-0.05, 0) is 38.0 Å². The van der Waals surface area contributed by atoms with Crippen molar-refractivity contribution in [1.29, 1.82) is 0 Å². The van der Waals surface area contributed by atoms with Crippen molar-refractivity contribution in [3.05, 3.63) is 34.1 Å². The van der Waals surface area contributed by atoms with Crippen molar-refractivity contribution in [2.75, 3.05) is 6.54 Å². The summed E-state index contributed by atoms with van der Waals surface area (Å²) < 4.78 is 13.9. The highest BCUT2D eigenvalue weighted by atomic mass is 79.9. The van der Waals surface area contributed by atoms with E-state index >= 15 is 0 Å². The standard InChI is InChI=1S/C14H15BrFNO2/c1-9(18)5-13-3-2-4-17(13)14(19)10-6-11(15)8-12(16)7-10/h6-8,13H,2-5H2,1H3. The van der Waals surface area contributed by atoms with Gasteiger partial charge in [-0.2, -0.15) is 0 Å². The van der Waals surface area contributed by atoms with Crippen LogP contribution >= 0.6 is 15.9 Å². The summed E-state index contributed by atoms with van der Waals surface area (Å²) in [7, 11) is 0. The second-order valence-corrected chi connectivity index (χ2v) is 5.77. The molecule has 0 aliphatic carbocycles. The topological polar surface area (TPSA) is 37.4 Å². The van der Waals surface area contributed by atoms with Crippen LogP contribution in [0, 0.1) is 5.82 Å². The minimum atomic E-state index is -0.444. The van der Waals surface area contributed by atoms with Gasteiger partial charge in [0.25, 0.3) is 5.91 Å². The molecule has 0 bridgehead atoms. The fraction of sp³-hybridized carbons (Fsp3) is 0.429. The summed E-state index contributed by atoms with van der Waals surface area (Å²) in [5.41, 5.74) is 0.322. The number of carbonyl (C=O) groups is 2. The molecule has 2 rings (SSSR count). The van der Waals surface area contributed by atoms with Crippen molar-refractivity contribution in [1.82, 2.24) is 4.90 Å². The summed E-state index contributed by atoms with van der Waals surface area (Å²) in [6.07, 6.45) is 2.10. The Hall–Kier alpha value is -1.23. The predicted molar refractivity (Wildman–Crippen MR) is 73.5 cm³/mol. The highest BCUT2D eigenvalue weighted by molar-refractivity contribution is 9.10. The molecule has 1 atom stereocenters.